The van der Waals surface area contributed by atoms with Gasteiger partial charge >= 0.3 is 0 Å². The minimum absolute atomic E-state index is 0.484. The van der Waals surface area contributed by atoms with Crippen molar-refractivity contribution in [2.24, 2.45) is 10.7 Å². The van der Waals surface area contributed by atoms with Crippen molar-refractivity contribution < 1.29 is 0 Å². The zero-order valence-electron chi connectivity index (χ0n) is 7.91. The Labute approximate surface area is 88.8 Å². The Morgan fingerprint density at radius 3 is 2.79 bits per heavy atom. The molecule has 1 fully saturated rings. The van der Waals surface area contributed by atoms with Gasteiger partial charge in [-0.25, -0.2) is 0 Å². The molecule has 0 heterocycles. The van der Waals surface area contributed by atoms with Gasteiger partial charge in [-0.05, 0) is 24.5 Å². The molecule has 0 unspecified atom stereocenters. The SMILES string of the molecule is NC(Cc1ccccc1Cl)=NC1CC1. The zero-order chi connectivity index (χ0) is 9.97. The number of hydrogen-bond donors (Lipinski definition) is 1. The van der Waals surface area contributed by atoms with Gasteiger partial charge in [-0.15, -0.1) is 0 Å². The minimum Gasteiger partial charge on any atom is -0.387 e. The van der Waals surface area contributed by atoms with Crippen LogP contribution in [0, 0.1) is 0 Å². The summed E-state index contributed by atoms with van der Waals surface area (Å²) in [6.07, 6.45) is 3.03. The van der Waals surface area contributed by atoms with Gasteiger partial charge in [0.15, 0.2) is 0 Å². The molecule has 0 aromatic heterocycles. The number of aliphatic imine (C=N–C) groups is 1. The third-order valence-corrected chi connectivity index (χ3v) is 2.59. The zero-order valence-corrected chi connectivity index (χ0v) is 8.67. The average molecular weight is 209 g/mol. The Kier molecular flexibility index (Phi) is 2.73. The highest BCUT2D eigenvalue weighted by Crippen LogP contribution is 2.24. The van der Waals surface area contributed by atoms with Crippen LogP contribution in [0.25, 0.3) is 0 Å². The Hall–Kier alpha value is -1.02. The largest absolute Gasteiger partial charge is 0.387 e. The summed E-state index contributed by atoms with van der Waals surface area (Å²) in [6, 6.07) is 8.22. The molecule has 2 rings (SSSR count). The van der Waals surface area contributed by atoms with E-state index in [2.05, 4.69) is 4.99 Å². The fourth-order valence-corrected chi connectivity index (χ4v) is 1.52. The number of nitrogens with two attached hydrogens (primary N) is 1. The van der Waals surface area contributed by atoms with Gasteiger partial charge in [0.1, 0.15) is 0 Å². The molecule has 1 aliphatic carbocycles. The van der Waals surface area contributed by atoms with Crippen LogP contribution >= 0.6 is 11.6 Å². The summed E-state index contributed by atoms with van der Waals surface area (Å²) < 4.78 is 0. The first-order valence-electron chi connectivity index (χ1n) is 4.81. The molecule has 1 aromatic carbocycles. The summed E-state index contributed by atoms with van der Waals surface area (Å²) in [6.45, 7) is 0. The normalized spacial score (nSPS) is 17.1. The molecule has 0 amide bonds. The summed E-state index contributed by atoms with van der Waals surface area (Å²) in [5, 5.41) is 0.765. The van der Waals surface area contributed by atoms with Crippen molar-refractivity contribution in [3.8, 4) is 0 Å². The van der Waals surface area contributed by atoms with Crippen molar-refractivity contribution in [1.82, 2.24) is 0 Å². The molecule has 0 radical (unpaired) electrons. The van der Waals surface area contributed by atoms with Gasteiger partial charge in [0.2, 0.25) is 0 Å². The van der Waals surface area contributed by atoms with E-state index in [1.54, 1.807) is 0 Å². The summed E-state index contributed by atoms with van der Waals surface area (Å²) in [5.41, 5.74) is 6.86. The monoisotopic (exact) mass is 208 g/mol. The first-order chi connectivity index (χ1) is 6.75. The molecule has 2 nitrogen and oxygen atoms in total. The minimum atomic E-state index is 0.484. The summed E-state index contributed by atoms with van der Waals surface area (Å²) in [4.78, 5) is 4.36. The van der Waals surface area contributed by atoms with Crippen LogP contribution in [-0.2, 0) is 6.42 Å². The molecular formula is C11H13ClN2. The van der Waals surface area contributed by atoms with Crippen LogP contribution in [0.2, 0.25) is 5.02 Å². The van der Waals surface area contributed by atoms with Crippen molar-refractivity contribution in [2.75, 3.05) is 0 Å². The Balaban J connectivity index is 2.06. The molecular weight excluding hydrogens is 196 g/mol. The Morgan fingerprint density at radius 1 is 1.43 bits per heavy atom. The Morgan fingerprint density at radius 2 is 2.14 bits per heavy atom. The van der Waals surface area contributed by atoms with Crippen molar-refractivity contribution in [1.29, 1.82) is 0 Å². The van der Waals surface area contributed by atoms with Crippen molar-refractivity contribution in [3.63, 3.8) is 0 Å². The quantitative estimate of drug-likeness (QED) is 0.601. The first-order valence-corrected chi connectivity index (χ1v) is 5.19. The number of hydrogen-bond acceptors (Lipinski definition) is 1. The molecule has 14 heavy (non-hydrogen) atoms. The van der Waals surface area contributed by atoms with E-state index in [0.29, 0.717) is 18.3 Å². The fourth-order valence-electron chi connectivity index (χ4n) is 1.32. The third kappa shape index (κ3) is 2.48. The molecule has 1 aromatic rings. The van der Waals surface area contributed by atoms with E-state index in [-0.39, 0.29) is 0 Å². The van der Waals surface area contributed by atoms with Crippen LogP contribution in [0.5, 0.6) is 0 Å². The van der Waals surface area contributed by atoms with Gasteiger partial charge < -0.3 is 5.73 Å². The summed E-state index contributed by atoms with van der Waals surface area (Å²) in [7, 11) is 0. The second-order valence-electron chi connectivity index (χ2n) is 3.62. The maximum Gasteiger partial charge on any atom is 0.0985 e. The molecule has 1 aliphatic rings. The first kappa shape index (κ1) is 9.53. The molecule has 1 saturated carbocycles. The highest BCUT2D eigenvalue weighted by Gasteiger charge is 2.20. The molecule has 0 saturated heterocycles. The van der Waals surface area contributed by atoms with E-state index < -0.39 is 0 Å². The van der Waals surface area contributed by atoms with Gasteiger partial charge in [-0.3, -0.25) is 4.99 Å². The second kappa shape index (κ2) is 4.01. The molecule has 0 spiro atoms. The lowest BCUT2D eigenvalue weighted by Gasteiger charge is -2.03. The molecule has 2 N–H and O–H groups in total. The van der Waals surface area contributed by atoms with Crippen LogP contribution in [0.1, 0.15) is 18.4 Å². The van der Waals surface area contributed by atoms with Crippen molar-refractivity contribution in [2.45, 2.75) is 25.3 Å². The lowest BCUT2D eigenvalue weighted by molar-refractivity contribution is 1.04. The van der Waals surface area contributed by atoms with Crippen LogP contribution in [-0.4, -0.2) is 11.9 Å². The van der Waals surface area contributed by atoms with E-state index in [4.69, 9.17) is 17.3 Å². The summed E-state index contributed by atoms with van der Waals surface area (Å²) >= 11 is 6.01. The number of amidine groups is 1. The lowest BCUT2D eigenvalue weighted by atomic mass is 10.1. The molecule has 3 heteroatoms. The number of rotatable bonds is 3. The van der Waals surface area contributed by atoms with Crippen LogP contribution < -0.4 is 5.73 Å². The highest BCUT2D eigenvalue weighted by molar-refractivity contribution is 6.31. The van der Waals surface area contributed by atoms with Gasteiger partial charge in [0.05, 0.1) is 11.9 Å². The third-order valence-electron chi connectivity index (χ3n) is 2.22. The topological polar surface area (TPSA) is 38.4 Å². The standard InChI is InChI=1S/C11H13ClN2/c12-10-4-2-1-3-8(10)7-11(13)14-9-5-6-9/h1-4,9H,5-7H2,(H2,13,14). The average Bonchev–Trinajstić information content (AvgIpc) is 2.93. The van der Waals surface area contributed by atoms with Crippen LogP contribution in [0.3, 0.4) is 0 Å². The van der Waals surface area contributed by atoms with Crippen LogP contribution in [0.15, 0.2) is 29.3 Å². The predicted octanol–water partition coefficient (Wildman–Crippen LogP) is 2.40. The number of nitrogens with zero attached hydrogens (tertiary/aromatic N) is 1. The molecule has 0 aliphatic heterocycles. The van der Waals surface area contributed by atoms with Gasteiger partial charge in [-0.2, -0.15) is 0 Å². The highest BCUT2D eigenvalue weighted by atomic mass is 35.5. The van der Waals surface area contributed by atoms with Gasteiger partial charge in [0, 0.05) is 11.4 Å². The number of halogens is 1. The number of benzene rings is 1. The lowest BCUT2D eigenvalue weighted by Crippen LogP contribution is -2.16. The molecule has 74 valence electrons. The van der Waals surface area contributed by atoms with Gasteiger partial charge in [0.25, 0.3) is 0 Å². The molecule has 0 bridgehead atoms. The molecule has 0 atom stereocenters. The fraction of sp³-hybridized carbons (Fsp3) is 0.364. The van der Waals surface area contributed by atoms with Crippen molar-refractivity contribution >= 4 is 17.4 Å². The van der Waals surface area contributed by atoms with Gasteiger partial charge in [-0.1, -0.05) is 29.8 Å². The van der Waals surface area contributed by atoms with E-state index >= 15 is 0 Å². The van der Waals surface area contributed by atoms with Crippen molar-refractivity contribution in [3.05, 3.63) is 34.9 Å². The summed E-state index contributed by atoms with van der Waals surface area (Å²) in [5.74, 6) is 0.695. The van der Waals surface area contributed by atoms with E-state index in [1.807, 2.05) is 24.3 Å². The smallest absolute Gasteiger partial charge is 0.0985 e. The maximum absolute atomic E-state index is 6.01. The van der Waals surface area contributed by atoms with E-state index in [0.717, 1.165) is 10.6 Å². The van der Waals surface area contributed by atoms with E-state index in [1.165, 1.54) is 12.8 Å². The van der Waals surface area contributed by atoms with E-state index in [9.17, 15) is 0 Å². The maximum atomic E-state index is 6.01. The second-order valence-corrected chi connectivity index (χ2v) is 4.03. The van der Waals surface area contributed by atoms with Crippen LogP contribution in [0.4, 0.5) is 0 Å². The predicted molar refractivity (Wildman–Crippen MR) is 59.8 cm³/mol. The Bertz CT molecular complexity index is 356.